The number of benzene rings is 2. The van der Waals surface area contributed by atoms with E-state index in [1.165, 1.54) is 0 Å². The summed E-state index contributed by atoms with van der Waals surface area (Å²) < 4.78 is 1.85. The number of nitrogens with two attached hydrogens (primary N) is 1. The maximum absolute atomic E-state index is 6.08. The first kappa shape index (κ1) is 11.9. The van der Waals surface area contributed by atoms with Crippen molar-refractivity contribution in [3.63, 3.8) is 0 Å². The molecule has 1 heterocycles. The van der Waals surface area contributed by atoms with Crippen LogP contribution in [0.1, 0.15) is 24.9 Å². The van der Waals surface area contributed by atoms with Crippen molar-refractivity contribution in [2.75, 3.05) is 0 Å². The molecule has 0 saturated heterocycles. The van der Waals surface area contributed by atoms with E-state index in [1.807, 2.05) is 41.1 Å². The number of hydrogen-bond donors (Lipinski definition) is 1. The quantitative estimate of drug-likeness (QED) is 0.779. The van der Waals surface area contributed by atoms with Crippen molar-refractivity contribution in [2.24, 2.45) is 5.73 Å². The average Bonchev–Trinajstić information content (AvgIpc) is 2.90. The fourth-order valence-corrected chi connectivity index (χ4v) is 2.18. The summed E-state index contributed by atoms with van der Waals surface area (Å²) in [6.45, 7) is 2.09. The van der Waals surface area contributed by atoms with Gasteiger partial charge in [0.2, 0.25) is 0 Å². The summed E-state index contributed by atoms with van der Waals surface area (Å²) >= 11 is 0. The van der Waals surface area contributed by atoms with Crippen LogP contribution in [0.15, 0.2) is 48.5 Å². The summed E-state index contributed by atoms with van der Waals surface area (Å²) in [6.07, 6.45) is 0.918. The summed E-state index contributed by atoms with van der Waals surface area (Å²) in [5.41, 5.74) is 10.1. The van der Waals surface area contributed by atoms with E-state index in [2.05, 4.69) is 29.4 Å². The molecule has 1 unspecified atom stereocenters. The Hall–Kier alpha value is -2.20. The van der Waals surface area contributed by atoms with Gasteiger partial charge in [0.25, 0.3) is 0 Å². The van der Waals surface area contributed by atoms with Crippen molar-refractivity contribution in [3.05, 3.63) is 54.1 Å². The van der Waals surface area contributed by atoms with Crippen LogP contribution in [0.4, 0.5) is 0 Å². The first-order valence-electron chi connectivity index (χ1n) is 6.46. The van der Waals surface area contributed by atoms with Gasteiger partial charge in [-0.2, -0.15) is 0 Å². The van der Waals surface area contributed by atoms with Gasteiger partial charge < -0.3 is 5.73 Å². The fraction of sp³-hybridized carbons (Fsp3) is 0.200. The van der Waals surface area contributed by atoms with Crippen molar-refractivity contribution in [1.82, 2.24) is 15.0 Å². The lowest BCUT2D eigenvalue weighted by atomic mass is 10.1. The van der Waals surface area contributed by atoms with Crippen LogP contribution in [0, 0.1) is 0 Å². The number of aromatic nitrogens is 3. The highest BCUT2D eigenvalue weighted by molar-refractivity contribution is 5.75. The minimum atomic E-state index is 0.0646. The van der Waals surface area contributed by atoms with Crippen molar-refractivity contribution in [1.29, 1.82) is 0 Å². The maximum Gasteiger partial charge on any atom is 0.113 e. The minimum absolute atomic E-state index is 0.0646. The van der Waals surface area contributed by atoms with Gasteiger partial charge in [-0.15, -0.1) is 5.10 Å². The number of para-hydroxylation sites is 1. The lowest BCUT2D eigenvalue weighted by molar-refractivity contribution is 0.696. The van der Waals surface area contributed by atoms with E-state index >= 15 is 0 Å². The van der Waals surface area contributed by atoms with Crippen LogP contribution in [0.2, 0.25) is 0 Å². The number of rotatable bonds is 3. The van der Waals surface area contributed by atoms with E-state index in [-0.39, 0.29) is 6.04 Å². The first-order chi connectivity index (χ1) is 9.29. The molecule has 0 aliphatic heterocycles. The first-order valence-corrected chi connectivity index (χ1v) is 6.46. The number of fused-ring (bicyclic) bond motifs is 1. The van der Waals surface area contributed by atoms with Crippen molar-refractivity contribution >= 4 is 11.0 Å². The Morgan fingerprint density at radius 2 is 2.00 bits per heavy atom. The Morgan fingerprint density at radius 1 is 1.16 bits per heavy atom. The third-order valence-corrected chi connectivity index (χ3v) is 3.33. The minimum Gasteiger partial charge on any atom is -0.324 e. The third-order valence-electron chi connectivity index (χ3n) is 3.33. The SMILES string of the molecule is CCC(N)c1cccc(-n2nnc3ccccc32)c1. The molecular weight excluding hydrogens is 236 g/mol. The van der Waals surface area contributed by atoms with Gasteiger partial charge in [0, 0.05) is 6.04 Å². The van der Waals surface area contributed by atoms with E-state index in [9.17, 15) is 0 Å². The second kappa shape index (κ2) is 4.82. The summed E-state index contributed by atoms with van der Waals surface area (Å²) in [7, 11) is 0. The molecule has 3 aromatic rings. The highest BCUT2D eigenvalue weighted by Gasteiger charge is 2.08. The predicted molar refractivity (Wildman–Crippen MR) is 76.1 cm³/mol. The van der Waals surface area contributed by atoms with E-state index in [0.717, 1.165) is 28.7 Å². The molecule has 2 aromatic carbocycles. The Bertz CT molecular complexity index is 702. The Kier molecular flexibility index (Phi) is 3.01. The van der Waals surface area contributed by atoms with Crippen molar-refractivity contribution in [3.8, 4) is 5.69 Å². The van der Waals surface area contributed by atoms with E-state index < -0.39 is 0 Å². The van der Waals surface area contributed by atoms with Crippen LogP contribution in [-0.4, -0.2) is 15.0 Å². The molecule has 0 radical (unpaired) electrons. The topological polar surface area (TPSA) is 56.7 Å². The van der Waals surface area contributed by atoms with Crippen LogP contribution in [0.25, 0.3) is 16.7 Å². The van der Waals surface area contributed by atoms with Crippen LogP contribution in [-0.2, 0) is 0 Å². The fourth-order valence-electron chi connectivity index (χ4n) is 2.18. The zero-order chi connectivity index (χ0) is 13.2. The predicted octanol–water partition coefficient (Wildman–Crippen LogP) is 2.83. The normalized spacial score (nSPS) is 12.7. The standard InChI is InChI=1S/C15H16N4/c1-2-13(16)11-6-5-7-12(10-11)19-15-9-4-3-8-14(15)17-18-19/h3-10,13H,2,16H2,1H3. The third kappa shape index (κ3) is 2.11. The Balaban J connectivity index is 2.11. The molecule has 96 valence electrons. The van der Waals surface area contributed by atoms with Crippen LogP contribution >= 0.6 is 0 Å². The van der Waals surface area contributed by atoms with E-state index in [0.29, 0.717) is 0 Å². The van der Waals surface area contributed by atoms with Gasteiger partial charge in [0.05, 0.1) is 11.2 Å². The van der Waals surface area contributed by atoms with Crippen molar-refractivity contribution in [2.45, 2.75) is 19.4 Å². The summed E-state index contributed by atoms with van der Waals surface area (Å²) in [5.74, 6) is 0. The van der Waals surface area contributed by atoms with Crippen LogP contribution in [0.3, 0.4) is 0 Å². The number of hydrogen-bond acceptors (Lipinski definition) is 3. The smallest absolute Gasteiger partial charge is 0.113 e. The van der Waals surface area contributed by atoms with E-state index in [4.69, 9.17) is 5.73 Å². The zero-order valence-corrected chi connectivity index (χ0v) is 10.8. The van der Waals surface area contributed by atoms with E-state index in [1.54, 1.807) is 0 Å². The molecule has 0 aliphatic rings. The van der Waals surface area contributed by atoms with Gasteiger partial charge in [-0.1, -0.05) is 36.4 Å². The molecular formula is C15H16N4. The molecule has 3 rings (SSSR count). The second-order valence-electron chi connectivity index (χ2n) is 4.60. The Labute approximate surface area is 111 Å². The molecule has 0 aliphatic carbocycles. The van der Waals surface area contributed by atoms with Crippen LogP contribution in [0.5, 0.6) is 0 Å². The van der Waals surface area contributed by atoms with Gasteiger partial charge in [0.15, 0.2) is 0 Å². The van der Waals surface area contributed by atoms with Crippen molar-refractivity contribution < 1.29 is 0 Å². The van der Waals surface area contributed by atoms with Gasteiger partial charge in [-0.3, -0.25) is 0 Å². The molecule has 1 atom stereocenters. The van der Waals surface area contributed by atoms with Gasteiger partial charge in [-0.05, 0) is 36.2 Å². The maximum atomic E-state index is 6.08. The highest BCUT2D eigenvalue weighted by Crippen LogP contribution is 2.20. The summed E-state index contributed by atoms with van der Waals surface area (Å²) in [6, 6.07) is 16.2. The molecule has 0 fully saturated rings. The molecule has 19 heavy (non-hydrogen) atoms. The summed E-state index contributed by atoms with van der Waals surface area (Å²) in [4.78, 5) is 0. The monoisotopic (exact) mass is 252 g/mol. The molecule has 0 spiro atoms. The zero-order valence-electron chi connectivity index (χ0n) is 10.8. The lowest BCUT2D eigenvalue weighted by Crippen LogP contribution is -2.09. The molecule has 0 saturated carbocycles. The molecule has 0 bridgehead atoms. The average molecular weight is 252 g/mol. The molecule has 2 N–H and O–H groups in total. The van der Waals surface area contributed by atoms with Gasteiger partial charge in [0.1, 0.15) is 5.52 Å². The lowest BCUT2D eigenvalue weighted by Gasteiger charge is -2.11. The molecule has 0 amide bonds. The van der Waals surface area contributed by atoms with Gasteiger partial charge >= 0.3 is 0 Å². The largest absolute Gasteiger partial charge is 0.324 e. The highest BCUT2D eigenvalue weighted by atomic mass is 15.4. The molecule has 4 nitrogen and oxygen atoms in total. The van der Waals surface area contributed by atoms with Crippen LogP contribution < -0.4 is 5.73 Å². The number of nitrogens with zero attached hydrogens (tertiary/aromatic N) is 3. The van der Waals surface area contributed by atoms with Gasteiger partial charge in [-0.25, -0.2) is 4.68 Å². The Morgan fingerprint density at radius 3 is 2.84 bits per heavy atom. The molecule has 4 heteroatoms. The second-order valence-corrected chi connectivity index (χ2v) is 4.60. The molecule has 1 aromatic heterocycles. The summed E-state index contributed by atoms with van der Waals surface area (Å²) in [5, 5.41) is 8.39.